The van der Waals surface area contributed by atoms with Crippen molar-refractivity contribution in [2.75, 3.05) is 0 Å². The lowest BCUT2D eigenvalue weighted by Crippen LogP contribution is -2.64. The number of rotatable bonds is 0. The molecule has 1 fully saturated rings. The zero-order chi connectivity index (χ0) is 9.57. The van der Waals surface area contributed by atoms with Gasteiger partial charge in [0.05, 0.1) is 17.4 Å². The van der Waals surface area contributed by atoms with Gasteiger partial charge in [-0.1, -0.05) is 0 Å². The van der Waals surface area contributed by atoms with E-state index in [4.69, 9.17) is 5.41 Å². The Morgan fingerprint density at radius 3 is 2.33 bits per heavy atom. The van der Waals surface area contributed by atoms with Gasteiger partial charge in [0.2, 0.25) is 0 Å². The van der Waals surface area contributed by atoms with Crippen molar-refractivity contribution in [2.24, 2.45) is 0 Å². The van der Waals surface area contributed by atoms with Crippen molar-refractivity contribution in [3.8, 4) is 0 Å². The number of aliphatic hydroxyl groups excluding tert-OH is 1. The van der Waals surface area contributed by atoms with Gasteiger partial charge >= 0.3 is 0 Å². The first-order valence-corrected chi connectivity index (χ1v) is 4.31. The molecule has 0 saturated carbocycles. The highest BCUT2D eigenvalue weighted by molar-refractivity contribution is 5.94. The molecule has 3 heteroatoms. The molecule has 0 spiro atoms. The fourth-order valence-corrected chi connectivity index (χ4v) is 1.97. The Morgan fingerprint density at radius 2 is 1.92 bits per heavy atom. The third-order valence-electron chi connectivity index (χ3n) is 2.36. The molecular weight excluding hydrogens is 152 g/mol. The highest BCUT2D eigenvalue weighted by Crippen LogP contribution is 2.25. The summed E-state index contributed by atoms with van der Waals surface area (Å²) in [7, 11) is 0. The van der Waals surface area contributed by atoms with Crippen LogP contribution in [0.25, 0.3) is 0 Å². The Labute approximate surface area is 73.7 Å². The second kappa shape index (κ2) is 2.54. The van der Waals surface area contributed by atoms with E-state index in [1.807, 2.05) is 27.7 Å². The maximum Gasteiger partial charge on any atom is 0.0950 e. The molecule has 0 aromatic rings. The van der Waals surface area contributed by atoms with Gasteiger partial charge in [-0.2, -0.15) is 0 Å². The molecule has 3 nitrogen and oxygen atoms in total. The predicted molar refractivity (Wildman–Crippen MR) is 49.6 cm³/mol. The Balaban J connectivity index is 2.87. The summed E-state index contributed by atoms with van der Waals surface area (Å²) in [5.74, 6) is 0. The fraction of sp³-hybridized carbons (Fsp3) is 0.889. The van der Waals surface area contributed by atoms with Gasteiger partial charge in [-0.3, -0.25) is 0 Å². The van der Waals surface area contributed by atoms with Crippen LogP contribution >= 0.6 is 0 Å². The summed E-state index contributed by atoms with van der Waals surface area (Å²) in [5.41, 5.74) is -0.0592. The van der Waals surface area contributed by atoms with Crippen LogP contribution in [0.2, 0.25) is 0 Å². The first kappa shape index (κ1) is 9.68. The molecule has 12 heavy (non-hydrogen) atoms. The lowest BCUT2D eigenvalue weighted by molar-refractivity contribution is 0.137. The van der Waals surface area contributed by atoms with Gasteiger partial charge in [0.15, 0.2) is 0 Å². The quantitative estimate of drug-likeness (QED) is 0.506. The van der Waals surface area contributed by atoms with Crippen LogP contribution in [-0.2, 0) is 0 Å². The lowest BCUT2D eigenvalue weighted by Gasteiger charge is -2.45. The number of aliphatic hydroxyl groups is 1. The molecule has 1 unspecified atom stereocenters. The molecule has 0 bridgehead atoms. The smallest absolute Gasteiger partial charge is 0.0950 e. The number of nitrogens with one attached hydrogen (secondary N) is 2. The third kappa shape index (κ3) is 1.67. The minimum Gasteiger partial charge on any atom is -0.387 e. The van der Waals surface area contributed by atoms with Crippen molar-refractivity contribution in [3.63, 3.8) is 0 Å². The molecule has 70 valence electrons. The Kier molecular flexibility index (Phi) is 2.05. The topological polar surface area (TPSA) is 56.1 Å². The van der Waals surface area contributed by atoms with Gasteiger partial charge in [0.25, 0.3) is 0 Å². The highest BCUT2D eigenvalue weighted by Gasteiger charge is 2.41. The second-order valence-electron chi connectivity index (χ2n) is 4.77. The summed E-state index contributed by atoms with van der Waals surface area (Å²) >= 11 is 0. The van der Waals surface area contributed by atoms with Crippen LogP contribution in [-0.4, -0.2) is 28.0 Å². The second-order valence-corrected chi connectivity index (χ2v) is 4.77. The molecule has 0 aromatic carbocycles. The van der Waals surface area contributed by atoms with Crippen molar-refractivity contribution in [1.29, 1.82) is 5.41 Å². The van der Waals surface area contributed by atoms with Crippen LogP contribution in [0.5, 0.6) is 0 Å². The largest absolute Gasteiger partial charge is 0.387 e. The SMILES string of the molecule is CC1(C)CC(O)C(=N)C(C)(C)N1. The molecule has 1 heterocycles. The summed E-state index contributed by atoms with van der Waals surface area (Å²) in [5, 5.41) is 20.6. The van der Waals surface area contributed by atoms with E-state index in [0.29, 0.717) is 12.1 Å². The fourth-order valence-electron chi connectivity index (χ4n) is 1.97. The molecule has 0 aromatic heterocycles. The van der Waals surface area contributed by atoms with Gasteiger partial charge in [-0.05, 0) is 34.1 Å². The molecule has 1 rings (SSSR count). The van der Waals surface area contributed by atoms with Crippen LogP contribution in [0.15, 0.2) is 0 Å². The normalized spacial score (nSPS) is 33.4. The van der Waals surface area contributed by atoms with E-state index < -0.39 is 6.10 Å². The summed E-state index contributed by atoms with van der Waals surface area (Å²) < 4.78 is 0. The first-order chi connectivity index (χ1) is 5.25. The Morgan fingerprint density at radius 1 is 1.42 bits per heavy atom. The predicted octanol–water partition coefficient (Wildman–Crippen LogP) is 0.918. The number of piperidine rings is 1. The van der Waals surface area contributed by atoms with E-state index in [1.54, 1.807) is 0 Å². The Bertz CT molecular complexity index is 209. The van der Waals surface area contributed by atoms with Gasteiger partial charge in [-0.25, -0.2) is 0 Å². The van der Waals surface area contributed by atoms with Gasteiger partial charge in [0, 0.05) is 5.54 Å². The van der Waals surface area contributed by atoms with E-state index in [2.05, 4.69) is 5.32 Å². The number of hydrogen-bond acceptors (Lipinski definition) is 3. The highest BCUT2D eigenvalue weighted by atomic mass is 16.3. The molecular formula is C9H18N2O. The van der Waals surface area contributed by atoms with E-state index in [-0.39, 0.29) is 11.1 Å². The maximum atomic E-state index is 9.58. The Hall–Kier alpha value is -0.410. The van der Waals surface area contributed by atoms with Crippen molar-refractivity contribution < 1.29 is 5.11 Å². The summed E-state index contributed by atoms with van der Waals surface area (Å²) in [6.45, 7) is 7.95. The molecule has 1 aliphatic heterocycles. The zero-order valence-electron chi connectivity index (χ0n) is 8.23. The van der Waals surface area contributed by atoms with Gasteiger partial charge < -0.3 is 15.8 Å². The average Bonchev–Trinajstić information content (AvgIpc) is 1.79. The minimum atomic E-state index is -0.587. The van der Waals surface area contributed by atoms with Crippen LogP contribution in [0.1, 0.15) is 34.1 Å². The standard InChI is InChI=1S/C9H18N2O/c1-8(2)5-6(12)7(10)9(3,4)11-8/h6,10-12H,5H2,1-4H3. The summed E-state index contributed by atoms with van der Waals surface area (Å²) in [4.78, 5) is 0. The summed E-state index contributed by atoms with van der Waals surface area (Å²) in [6.07, 6.45) is 0.0335. The van der Waals surface area contributed by atoms with Crippen LogP contribution in [0, 0.1) is 5.41 Å². The lowest BCUT2D eigenvalue weighted by atomic mass is 9.79. The molecule has 0 amide bonds. The van der Waals surface area contributed by atoms with E-state index in [9.17, 15) is 5.11 Å². The van der Waals surface area contributed by atoms with Crippen molar-refractivity contribution in [2.45, 2.75) is 51.3 Å². The third-order valence-corrected chi connectivity index (χ3v) is 2.36. The molecule has 0 aliphatic carbocycles. The summed E-state index contributed by atoms with van der Waals surface area (Å²) in [6, 6.07) is 0. The number of hydrogen-bond donors (Lipinski definition) is 3. The monoisotopic (exact) mass is 170 g/mol. The van der Waals surface area contributed by atoms with E-state index in [1.165, 1.54) is 0 Å². The molecule has 3 N–H and O–H groups in total. The molecule has 1 aliphatic rings. The van der Waals surface area contributed by atoms with Gasteiger partial charge in [0.1, 0.15) is 0 Å². The minimum absolute atomic E-state index is 0.0759. The van der Waals surface area contributed by atoms with Gasteiger partial charge in [-0.15, -0.1) is 0 Å². The van der Waals surface area contributed by atoms with E-state index >= 15 is 0 Å². The average molecular weight is 170 g/mol. The van der Waals surface area contributed by atoms with Crippen LogP contribution in [0.4, 0.5) is 0 Å². The van der Waals surface area contributed by atoms with Crippen molar-refractivity contribution in [3.05, 3.63) is 0 Å². The first-order valence-electron chi connectivity index (χ1n) is 4.31. The molecule has 1 atom stereocenters. The zero-order valence-corrected chi connectivity index (χ0v) is 8.23. The van der Waals surface area contributed by atoms with Crippen molar-refractivity contribution in [1.82, 2.24) is 5.32 Å². The van der Waals surface area contributed by atoms with Crippen molar-refractivity contribution >= 4 is 5.71 Å². The van der Waals surface area contributed by atoms with Crippen LogP contribution in [0.3, 0.4) is 0 Å². The molecule has 1 saturated heterocycles. The van der Waals surface area contributed by atoms with Crippen LogP contribution < -0.4 is 5.32 Å². The maximum absolute atomic E-state index is 9.58. The molecule has 0 radical (unpaired) electrons. The van der Waals surface area contributed by atoms with E-state index in [0.717, 1.165) is 0 Å².